The second-order valence-corrected chi connectivity index (χ2v) is 8.85. The molecule has 27 heavy (non-hydrogen) atoms. The average Bonchev–Trinajstić information content (AvgIpc) is 3.25. The minimum atomic E-state index is 0. The van der Waals surface area contributed by atoms with Crippen LogP contribution in [-0.4, -0.2) is 0 Å². The topological polar surface area (TPSA) is 0 Å². The molecule has 0 saturated heterocycles. The zero-order valence-electron chi connectivity index (χ0n) is 18.2. The molecule has 1 radical (unpaired) electrons. The second kappa shape index (κ2) is 8.94. The molecule has 0 aromatic rings. The number of allylic oxidation sites excluding steroid dienone is 10. The van der Waals surface area contributed by atoms with Crippen molar-refractivity contribution in [2.24, 2.45) is 22.7 Å². The van der Waals surface area contributed by atoms with E-state index in [1.807, 2.05) is 0 Å². The molecule has 0 amide bonds. The van der Waals surface area contributed by atoms with Gasteiger partial charge in [0.1, 0.15) is 0 Å². The van der Waals surface area contributed by atoms with Gasteiger partial charge in [0, 0.05) is 5.41 Å². The smallest absolute Gasteiger partial charge is 0.358 e. The van der Waals surface area contributed by atoms with Gasteiger partial charge in [-0.2, -0.15) is 12.3 Å². The van der Waals surface area contributed by atoms with Crippen molar-refractivity contribution in [2.45, 2.75) is 59.8 Å². The van der Waals surface area contributed by atoms with Gasteiger partial charge in [-0.15, -0.1) is 0 Å². The third-order valence-electron chi connectivity index (χ3n) is 7.60. The van der Waals surface area contributed by atoms with Gasteiger partial charge in [-0.3, -0.25) is 0 Å². The molecule has 0 bridgehead atoms. The SMILES string of the molecule is CC1=C(C)C(C)(C2=CCC(C)(C3=CC=CC3)C=C2)C2[CH-]CCC2C1.[CH3-].[CH3-].[Zr+3]. The first-order valence-electron chi connectivity index (χ1n) is 9.71. The summed E-state index contributed by atoms with van der Waals surface area (Å²) >= 11 is 0. The van der Waals surface area contributed by atoms with E-state index in [2.05, 4.69) is 70.6 Å². The predicted molar refractivity (Wildman–Crippen MR) is 116 cm³/mol. The Morgan fingerprint density at radius 3 is 2.48 bits per heavy atom. The summed E-state index contributed by atoms with van der Waals surface area (Å²) in [5, 5.41) is 0. The third kappa shape index (κ3) is 3.88. The number of fused-ring (bicyclic) bond motifs is 1. The predicted octanol–water partition coefficient (Wildman–Crippen LogP) is 7.64. The molecule has 4 atom stereocenters. The molecule has 0 aromatic carbocycles. The van der Waals surface area contributed by atoms with Crippen LogP contribution in [0.4, 0.5) is 0 Å². The Balaban J connectivity index is 0.00000121. The Morgan fingerprint density at radius 1 is 1.15 bits per heavy atom. The molecule has 0 aromatic heterocycles. The zero-order valence-corrected chi connectivity index (χ0v) is 20.7. The van der Waals surface area contributed by atoms with Crippen LogP contribution in [0.2, 0.25) is 0 Å². The first kappa shape index (κ1) is 24.6. The van der Waals surface area contributed by atoms with Crippen molar-refractivity contribution in [1.82, 2.24) is 0 Å². The Bertz CT molecular complexity index is 702. The van der Waals surface area contributed by atoms with E-state index in [4.69, 9.17) is 0 Å². The van der Waals surface area contributed by atoms with Crippen molar-refractivity contribution >= 4 is 0 Å². The van der Waals surface area contributed by atoms with Gasteiger partial charge in [-0.1, -0.05) is 79.4 Å². The summed E-state index contributed by atoms with van der Waals surface area (Å²) in [5.74, 6) is 1.59. The van der Waals surface area contributed by atoms with Gasteiger partial charge >= 0.3 is 26.2 Å². The summed E-state index contributed by atoms with van der Waals surface area (Å²) in [6, 6.07) is 0. The number of hydrogen-bond donors (Lipinski definition) is 0. The van der Waals surface area contributed by atoms with Crippen molar-refractivity contribution in [3.05, 3.63) is 80.0 Å². The summed E-state index contributed by atoms with van der Waals surface area (Å²) in [7, 11) is 0. The van der Waals surface area contributed by atoms with Crippen LogP contribution in [0, 0.1) is 43.9 Å². The molecule has 4 rings (SSSR count). The summed E-state index contributed by atoms with van der Waals surface area (Å²) in [6.07, 6.45) is 23.2. The van der Waals surface area contributed by atoms with Gasteiger partial charge in [-0.05, 0) is 44.1 Å². The Labute approximate surface area is 188 Å². The summed E-state index contributed by atoms with van der Waals surface area (Å²) in [5.41, 5.74) is 6.82. The van der Waals surface area contributed by atoms with Gasteiger partial charge in [-0.25, -0.2) is 0 Å². The van der Waals surface area contributed by atoms with Crippen LogP contribution >= 0.6 is 0 Å². The molecule has 1 fully saturated rings. The molecule has 0 aliphatic heterocycles. The molecule has 145 valence electrons. The normalized spacial score (nSPS) is 36.9. The van der Waals surface area contributed by atoms with Crippen LogP contribution in [0.15, 0.2) is 58.7 Å². The number of hydrogen-bond acceptors (Lipinski definition) is 0. The van der Waals surface area contributed by atoms with Crippen LogP contribution in [0.1, 0.15) is 59.8 Å². The zero-order chi connectivity index (χ0) is 16.9. The Hall–Kier alpha value is -0.417. The van der Waals surface area contributed by atoms with Crippen molar-refractivity contribution < 1.29 is 26.2 Å². The van der Waals surface area contributed by atoms with E-state index in [-0.39, 0.29) is 51.9 Å². The minimum Gasteiger partial charge on any atom is -0.358 e. The van der Waals surface area contributed by atoms with Crippen molar-refractivity contribution in [3.8, 4) is 0 Å². The standard InChI is InChI=1S/C24H31.2CH3.Zr/c1-17-16-19-8-7-11-22(19)24(4,18(17)2)21-12-14-23(3,15-13-21)20-9-5-6-10-20;;;/h5-6,9,11-14,19,22H,7-8,10,15-16H2,1-4H3;2*1H3;/q3*-1;+3. The third-order valence-corrected chi connectivity index (χ3v) is 7.60. The molecule has 0 nitrogen and oxygen atoms in total. The largest absolute Gasteiger partial charge is 3.00 e. The van der Waals surface area contributed by atoms with Crippen LogP contribution in [0.3, 0.4) is 0 Å². The summed E-state index contributed by atoms with van der Waals surface area (Å²) < 4.78 is 0. The van der Waals surface area contributed by atoms with Gasteiger partial charge < -0.3 is 21.3 Å². The molecule has 4 aliphatic rings. The molecule has 1 saturated carbocycles. The van der Waals surface area contributed by atoms with Gasteiger partial charge in [0.05, 0.1) is 0 Å². The van der Waals surface area contributed by atoms with E-state index in [1.54, 1.807) is 22.3 Å². The van der Waals surface area contributed by atoms with Crippen molar-refractivity contribution in [1.29, 1.82) is 0 Å². The first-order chi connectivity index (χ1) is 11.4. The van der Waals surface area contributed by atoms with E-state index < -0.39 is 0 Å². The van der Waals surface area contributed by atoms with E-state index in [1.165, 1.54) is 19.3 Å². The molecule has 0 heterocycles. The van der Waals surface area contributed by atoms with Crippen molar-refractivity contribution in [2.75, 3.05) is 0 Å². The molecular formula is C26H37Zr. The van der Waals surface area contributed by atoms with Gasteiger partial charge in [0.25, 0.3) is 0 Å². The van der Waals surface area contributed by atoms with Gasteiger partial charge in [0.2, 0.25) is 0 Å². The van der Waals surface area contributed by atoms with Crippen LogP contribution in [-0.2, 0) is 26.2 Å². The number of rotatable bonds is 2. The molecule has 4 unspecified atom stereocenters. The summed E-state index contributed by atoms with van der Waals surface area (Å²) in [4.78, 5) is 0. The van der Waals surface area contributed by atoms with E-state index >= 15 is 0 Å². The molecule has 0 N–H and O–H groups in total. The van der Waals surface area contributed by atoms with E-state index in [9.17, 15) is 0 Å². The van der Waals surface area contributed by atoms with Crippen LogP contribution in [0.5, 0.6) is 0 Å². The summed E-state index contributed by atoms with van der Waals surface area (Å²) in [6.45, 7) is 9.68. The monoisotopic (exact) mass is 439 g/mol. The minimum absolute atomic E-state index is 0. The van der Waals surface area contributed by atoms with Crippen molar-refractivity contribution in [3.63, 3.8) is 0 Å². The quantitative estimate of drug-likeness (QED) is 0.306. The Kier molecular flexibility index (Phi) is 8.15. The maximum absolute atomic E-state index is 2.63. The molecule has 4 aliphatic carbocycles. The maximum atomic E-state index is 2.63. The first-order valence-corrected chi connectivity index (χ1v) is 9.71. The fourth-order valence-electron chi connectivity index (χ4n) is 5.67. The van der Waals surface area contributed by atoms with Crippen LogP contribution in [0.25, 0.3) is 0 Å². The fourth-order valence-corrected chi connectivity index (χ4v) is 5.67. The molecule has 0 spiro atoms. The van der Waals surface area contributed by atoms with E-state index in [0.717, 1.165) is 24.7 Å². The second-order valence-electron chi connectivity index (χ2n) is 8.85. The fraction of sp³-hybridized carbons (Fsp3) is 0.500. The maximum Gasteiger partial charge on any atom is 3.00 e. The molecule has 1 heteroatoms. The van der Waals surface area contributed by atoms with Crippen LogP contribution < -0.4 is 0 Å². The van der Waals surface area contributed by atoms with E-state index in [0.29, 0.717) is 0 Å². The average molecular weight is 441 g/mol. The Morgan fingerprint density at radius 2 is 1.89 bits per heavy atom. The van der Waals surface area contributed by atoms with Gasteiger partial charge in [0.15, 0.2) is 0 Å². The molecular weight excluding hydrogens is 404 g/mol.